The van der Waals surface area contributed by atoms with E-state index in [4.69, 9.17) is 10.5 Å². The van der Waals surface area contributed by atoms with Crippen LogP contribution in [0.1, 0.15) is 15.8 Å². The van der Waals surface area contributed by atoms with E-state index in [2.05, 4.69) is 40.9 Å². The minimum Gasteiger partial charge on any atom is -0.374 e. The van der Waals surface area contributed by atoms with E-state index in [0.29, 0.717) is 12.6 Å². The summed E-state index contributed by atoms with van der Waals surface area (Å²) >= 11 is 5.38. The number of likely N-dealkylation sites (N-methyl/N-ethyl adjacent to an activating group) is 1. The molecule has 1 aliphatic heterocycles. The molecule has 2 unspecified atom stereocenters. The van der Waals surface area contributed by atoms with Gasteiger partial charge in [0.25, 0.3) is 0 Å². The second-order valence-electron chi connectivity index (χ2n) is 4.12. The summed E-state index contributed by atoms with van der Waals surface area (Å²) in [5, 5.41) is 0. The number of aryl methyl sites for hydroxylation is 1. The van der Waals surface area contributed by atoms with Gasteiger partial charge in [-0.25, -0.2) is 0 Å². The summed E-state index contributed by atoms with van der Waals surface area (Å²) < 4.78 is 6.92. The molecule has 2 rings (SSSR count). The van der Waals surface area contributed by atoms with Gasteiger partial charge in [-0.3, -0.25) is 4.90 Å². The van der Waals surface area contributed by atoms with E-state index in [1.807, 2.05) is 11.3 Å². The van der Waals surface area contributed by atoms with E-state index in [9.17, 15) is 0 Å². The lowest BCUT2D eigenvalue weighted by molar-refractivity contribution is -0.0564. The van der Waals surface area contributed by atoms with Gasteiger partial charge < -0.3 is 10.5 Å². The maximum atomic E-state index is 5.78. The number of hydrogen-bond acceptors (Lipinski definition) is 4. The molecule has 90 valence electrons. The van der Waals surface area contributed by atoms with Crippen LogP contribution in [0.2, 0.25) is 0 Å². The van der Waals surface area contributed by atoms with Crippen LogP contribution in [0.25, 0.3) is 0 Å². The van der Waals surface area contributed by atoms with Crippen molar-refractivity contribution in [3.05, 3.63) is 20.3 Å². The summed E-state index contributed by atoms with van der Waals surface area (Å²) in [5.41, 5.74) is 5.78. The molecule has 2 N–H and O–H groups in total. The van der Waals surface area contributed by atoms with Crippen molar-refractivity contribution in [2.75, 3.05) is 26.7 Å². The number of thiophene rings is 1. The van der Waals surface area contributed by atoms with Crippen LogP contribution in [0.4, 0.5) is 0 Å². The van der Waals surface area contributed by atoms with Crippen molar-refractivity contribution in [1.29, 1.82) is 0 Å². The third kappa shape index (κ3) is 2.33. The maximum absolute atomic E-state index is 5.78. The first-order valence-corrected chi connectivity index (χ1v) is 7.02. The molecule has 0 bridgehead atoms. The molecule has 2 atom stereocenters. The molecule has 2 heterocycles. The van der Waals surface area contributed by atoms with Gasteiger partial charge in [-0.2, -0.15) is 0 Å². The Kier molecular flexibility index (Phi) is 4.02. The number of ether oxygens (including phenoxy) is 1. The molecule has 0 aliphatic carbocycles. The number of morpholine rings is 1. The Hall–Kier alpha value is 0.0600. The molecule has 1 fully saturated rings. The second-order valence-corrected chi connectivity index (χ2v) is 6.27. The predicted molar refractivity (Wildman–Crippen MR) is 70.9 cm³/mol. The van der Waals surface area contributed by atoms with Crippen molar-refractivity contribution >= 4 is 27.3 Å². The summed E-state index contributed by atoms with van der Waals surface area (Å²) in [6, 6.07) is 2.49. The Morgan fingerprint density at radius 2 is 2.44 bits per heavy atom. The summed E-state index contributed by atoms with van der Waals surface area (Å²) in [7, 11) is 2.14. The largest absolute Gasteiger partial charge is 0.374 e. The highest BCUT2D eigenvalue weighted by Gasteiger charge is 2.31. The first-order valence-electron chi connectivity index (χ1n) is 5.41. The molecule has 16 heavy (non-hydrogen) atoms. The molecular weight excluding hydrogens is 288 g/mol. The number of hydrogen-bond donors (Lipinski definition) is 1. The Labute approximate surface area is 109 Å². The van der Waals surface area contributed by atoms with Crippen molar-refractivity contribution in [1.82, 2.24) is 4.90 Å². The molecule has 1 saturated heterocycles. The highest BCUT2D eigenvalue weighted by atomic mass is 79.9. The van der Waals surface area contributed by atoms with Crippen LogP contribution in [0.3, 0.4) is 0 Å². The fourth-order valence-electron chi connectivity index (χ4n) is 2.09. The van der Waals surface area contributed by atoms with E-state index in [1.165, 1.54) is 14.2 Å². The van der Waals surface area contributed by atoms with Crippen LogP contribution < -0.4 is 5.73 Å². The van der Waals surface area contributed by atoms with Gasteiger partial charge in [0.05, 0.1) is 18.8 Å². The van der Waals surface area contributed by atoms with Crippen LogP contribution in [0.5, 0.6) is 0 Å². The summed E-state index contributed by atoms with van der Waals surface area (Å²) in [6.45, 7) is 4.44. The lowest BCUT2D eigenvalue weighted by Gasteiger charge is -2.38. The zero-order valence-electron chi connectivity index (χ0n) is 9.57. The van der Waals surface area contributed by atoms with E-state index in [0.717, 1.165) is 13.2 Å². The van der Waals surface area contributed by atoms with Crippen molar-refractivity contribution < 1.29 is 4.74 Å². The minimum atomic E-state index is 0.115. The maximum Gasteiger partial charge on any atom is 0.0902 e. The first kappa shape index (κ1) is 12.5. The summed E-state index contributed by atoms with van der Waals surface area (Å²) in [4.78, 5) is 4.98. The highest BCUT2D eigenvalue weighted by molar-refractivity contribution is 9.10. The van der Waals surface area contributed by atoms with Gasteiger partial charge >= 0.3 is 0 Å². The normalized spacial score (nSPS) is 27.2. The van der Waals surface area contributed by atoms with Crippen LogP contribution >= 0.6 is 27.3 Å². The number of nitrogens with two attached hydrogens (primary N) is 1. The van der Waals surface area contributed by atoms with E-state index < -0.39 is 0 Å². The van der Waals surface area contributed by atoms with E-state index in [1.54, 1.807) is 0 Å². The monoisotopic (exact) mass is 304 g/mol. The van der Waals surface area contributed by atoms with Gasteiger partial charge in [-0.15, -0.1) is 11.3 Å². The Bertz CT molecular complexity index is 349. The fourth-order valence-corrected chi connectivity index (χ4v) is 3.87. The predicted octanol–water partition coefficient (Wildman–Crippen LogP) is 2.15. The molecule has 0 amide bonds. The topological polar surface area (TPSA) is 38.5 Å². The molecular formula is C11H17BrN2OS. The molecule has 1 aromatic heterocycles. The van der Waals surface area contributed by atoms with Gasteiger partial charge in [0.1, 0.15) is 0 Å². The highest BCUT2D eigenvalue weighted by Crippen LogP contribution is 2.36. The van der Waals surface area contributed by atoms with Crippen molar-refractivity contribution in [2.45, 2.75) is 19.1 Å². The SMILES string of the molecule is Cc1sc(C2C(CN)OCCN2C)cc1Br. The standard InChI is InChI=1S/C11H17BrN2OS/c1-7-8(12)5-10(16-7)11-9(6-13)15-4-3-14(11)2/h5,9,11H,3-4,6,13H2,1-2H3. The zero-order valence-corrected chi connectivity index (χ0v) is 12.0. The molecule has 3 nitrogen and oxygen atoms in total. The summed E-state index contributed by atoms with van der Waals surface area (Å²) in [5.74, 6) is 0. The zero-order chi connectivity index (χ0) is 11.7. The Morgan fingerprint density at radius 1 is 1.69 bits per heavy atom. The number of nitrogens with zero attached hydrogens (tertiary/aromatic N) is 1. The molecule has 0 spiro atoms. The fraction of sp³-hybridized carbons (Fsp3) is 0.636. The van der Waals surface area contributed by atoms with Crippen LogP contribution in [-0.4, -0.2) is 37.7 Å². The third-order valence-electron chi connectivity index (χ3n) is 3.00. The van der Waals surface area contributed by atoms with Gasteiger partial charge in [0.15, 0.2) is 0 Å². The molecule has 0 saturated carbocycles. The smallest absolute Gasteiger partial charge is 0.0902 e. The van der Waals surface area contributed by atoms with Crippen molar-refractivity contribution in [3.63, 3.8) is 0 Å². The van der Waals surface area contributed by atoms with Crippen LogP contribution in [0, 0.1) is 6.92 Å². The number of rotatable bonds is 2. The minimum absolute atomic E-state index is 0.115. The van der Waals surface area contributed by atoms with Gasteiger partial charge in [0, 0.05) is 27.3 Å². The average Bonchev–Trinajstić information content (AvgIpc) is 2.58. The molecule has 0 radical (unpaired) electrons. The van der Waals surface area contributed by atoms with Crippen LogP contribution in [0.15, 0.2) is 10.5 Å². The first-order chi connectivity index (χ1) is 7.63. The van der Waals surface area contributed by atoms with Crippen molar-refractivity contribution in [3.8, 4) is 0 Å². The van der Waals surface area contributed by atoms with E-state index >= 15 is 0 Å². The average molecular weight is 305 g/mol. The lowest BCUT2D eigenvalue weighted by atomic mass is 10.1. The van der Waals surface area contributed by atoms with E-state index in [-0.39, 0.29) is 6.10 Å². The molecule has 1 aromatic rings. The summed E-state index contributed by atoms with van der Waals surface area (Å²) in [6.07, 6.45) is 0.115. The molecule has 5 heteroatoms. The van der Waals surface area contributed by atoms with Crippen molar-refractivity contribution in [2.24, 2.45) is 5.73 Å². The Morgan fingerprint density at radius 3 is 3.00 bits per heavy atom. The quantitative estimate of drug-likeness (QED) is 0.910. The van der Waals surface area contributed by atoms with Gasteiger partial charge in [-0.05, 0) is 36.0 Å². The Balaban J connectivity index is 2.27. The molecule has 1 aliphatic rings. The third-order valence-corrected chi connectivity index (χ3v) is 5.21. The second kappa shape index (κ2) is 5.14. The number of halogens is 1. The van der Waals surface area contributed by atoms with Gasteiger partial charge in [0.2, 0.25) is 0 Å². The molecule has 0 aromatic carbocycles. The van der Waals surface area contributed by atoms with Gasteiger partial charge in [-0.1, -0.05) is 0 Å². The van der Waals surface area contributed by atoms with Crippen LogP contribution in [-0.2, 0) is 4.74 Å². The lowest BCUT2D eigenvalue weighted by Crippen LogP contribution is -2.46.